The number of likely N-dealkylation sites (tertiary alicyclic amines) is 1. The van der Waals surface area contributed by atoms with Gasteiger partial charge in [-0.1, -0.05) is 30.0 Å². The number of hydrogen-bond donors (Lipinski definition) is 0. The standard InChI is InChI=1S/C21H21N3O3S2/c25-19(23-10-2-1-7-17(23)15-5-3-9-22-14-15)8-11-24-20(26)18(29-21(24)28)13-16-6-4-12-27-16/h3-6,9,12-14,17H,1-2,7-8,10-11H2/b18-13-/t17-/m1/s1. The van der Waals surface area contributed by atoms with Crippen LogP contribution in [0.5, 0.6) is 0 Å². The van der Waals surface area contributed by atoms with Crippen molar-refractivity contribution in [1.82, 2.24) is 14.8 Å². The molecule has 6 nitrogen and oxygen atoms in total. The van der Waals surface area contributed by atoms with E-state index in [0.29, 0.717) is 15.0 Å². The maximum absolute atomic E-state index is 13.0. The van der Waals surface area contributed by atoms with Crippen molar-refractivity contribution < 1.29 is 14.0 Å². The molecule has 2 aromatic rings. The molecule has 2 aliphatic heterocycles. The molecule has 0 unspecified atom stereocenters. The Morgan fingerprint density at radius 1 is 1.34 bits per heavy atom. The smallest absolute Gasteiger partial charge is 0.266 e. The van der Waals surface area contributed by atoms with E-state index in [0.717, 1.165) is 31.4 Å². The Morgan fingerprint density at radius 2 is 2.24 bits per heavy atom. The Hall–Kier alpha value is -2.45. The van der Waals surface area contributed by atoms with Gasteiger partial charge < -0.3 is 9.32 Å². The van der Waals surface area contributed by atoms with E-state index in [1.165, 1.54) is 16.7 Å². The summed E-state index contributed by atoms with van der Waals surface area (Å²) in [7, 11) is 0. The summed E-state index contributed by atoms with van der Waals surface area (Å²) in [5, 5.41) is 0. The predicted octanol–water partition coefficient (Wildman–Crippen LogP) is 4.02. The van der Waals surface area contributed by atoms with E-state index in [-0.39, 0.29) is 30.8 Å². The molecule has 2 saturated heterocycles. The number of thiocarbonyl (C=S) groups is 1. The minimum Gasteiger partial charge on any atom is -0.465 e. The van der Waals surface area contributed by atoms with Gasteiger partial charge in [0.05, 0.1) is 17.2 Å². The van der Waals surface area contributed by atoms with Gasteiger partial charge >= 0.3 is 0 Å². The van der Waals surface area contributed by atoms with Crippen LogP contribution >= 0.6 is 24.0 Å². The first-order chi connectivity index (χ1) is 14.1. The van der Waals surface area contributed by atoms with Gasteiger partial charge in [0.1, 0.15) is 10.1 Å². The molecule has 0 aliphatic carbocycles. The number of aromatic nitrogens is 1. The molecule has 2 amide bonds. The third kappa shape index (κ3) is 4.43. The second-order valence-corrected chi connectivity index (χ2v) is 8.66. The molecule has 1 atom stereocenters. The van der Waals surface area contributed by atoms with Gasteiger partial charge in [-0.2, -0.15) is 0 Å². The highest BCUT2D eigenvalue weighted by molar-refractivity contribution is 8.26. The van der Waals surface area contributed by atoms with E-state index >= 15 is 0 Å². The molecule has 0 aromatic carbocycles. The van der Waals surface area contributed by atoms with Gasteiger partial charge in [-0.3, -0.25) is 19.5 Å². The maximum Gasteiger partial charge on any atom is 0.266 e. The number of rotatable bonds is 5. The molecule has 8 heteroatoms. The van der Waals surface area contributed by atoms with Crippen molar-refractivity contribution in [3.63, 3.8) is 0 Å². The molecular weight excluding hydrogens is 406 g/mol. The molecule has 150 valence electrons. The molecule has 0 radical (unpaired) electrons. The molecule has 2 aromatic heterocycles. The normalized spacial score (nSPS) is 21.2. The first-order valence-corrected chi connectivity index (χ1v) is 10.8. The highest BCUT2D eigenvalue weighted by Gasteiger charge is 2.34. The van der Waals surface area contributed by atoms with Crippen LogP contribution in [-0.4, -0.2) is 44.0 Å². The zero-order chi connectivity index (χ0) is 20.2. The van der Waals surface area contributed by atoms with E-state index in [9.17, 15) is 9.59 Å². The fourth-order valence-corrected chi connectivity index (χ4v) is 4.98. The Balaban J connectivity index is 1.41. The van der Waals surface area contributed by atoms with Crippen molar-refractivity contribution in [3.05, 3.63) is 59.2 Å². The molecule has 4 heterocycles. The SMILES string of the molecule is O=C1/C(=C/c2ccco2)SC(=S)N1CCC(=O)N1CCCC[C@@H]1c1cccnc1. The predicted molar refractivity (Wildman–Crippen MR) is 116 cm³/mol. The van der Waals surface area contributed by atoms with Crippen LogP contribution in [-0.2, 0) is 9.59 Å². The van der Waals surface area contributed by atoms with Crippen molar-refractivity contribution in [2.75, 3.05) is 13.1 Å². The summed E-state index contributed by atoms with van der Waals surface area (Å²) < 4.78 is 5.75. The lowest BCUT2D eigenvalue weighted by Crippen LogP contribution is -2.40. The van der Waals surface area contributed by atoms with Crippen molar-refractivity contribution in [3.8, 4) is 0 Å². The highest BCUT2D eigenvalue weighted by atomic mass is 32.2. The number of piperidine rings is 1. The second-order valence-electron chi connectivity index (χ2n) is 6.98. The van der Waals surface area contributed by atoms with E-state index in [2.05, 4.69) is 4.98 Å². The van der Waals surface area contributed by atoms with Crippen molar-refractivity contribution >= 4 is 46.2 Å². The van der Waals surface area contributed by atoms with Gasteiger partial charge in [0.2, 0.25) is 5.91 Å². The zero-order valence-electron chi connectivity index (χ0n) is 15.8. The van der Waals surface area contributed by atoms with Gasteiger partial charge in [-0.15, -0.1) is 0 Å². The number of nitrogens with zero attached hydrogens (tertiary/aromatic N) is 3. The first kappa shape index (κ1) is 19.8. The first-order valence-electron chi connectivity index (χ1n) is 9.62. The molecule has 0 saturated carbocycles. The number of carbonyl (C=O) groups excluding carboxylic acids is 2. The summed E-state index contributed by atoms with van der Waals surface area (Å²) in [6.45, 7) is 1.02. The number of thioether (sulfide) groups is 1. The van der Waals surface area contributed by atoms with Gasteiger partial charge in [-0.25, -0.2) is 0 Å². The fourth-order valence-electron chi connectivity index (χ4n) is 3.70. The third-order valence-electron chi connectivity index (χ3n) is 5.13. The molecule has 0 N–H and O–H groups in total. The van der Waals surface area contributed by atoms with Crippen LogP contribution in [0.25, 0.3) is 6.08 Å². The summed E-state index contributed by atoms with van der Waals surface area (Å²) in [5.41, 5.74) is 1.06. The van der Waals surface area contributed by atoms with Crippen LogP contribution in [0.15, 0.2) is 52.2 Å². The largest absolute Gasteiger partial charge is 0.465 e. The highest BCUT2D eigenvalue weighted by Crippen LogP contribution is 2.34. The van der Waals surface area contributed by atoms with E-state index in [4.69, 9.17) is 16.6 Å². The zero-order valence-corrected chi connectivity index (χ0v) is 17.5. The summed E-state index contributed by atoms with van der Waals surface area (Å²) in [6.07, 6.45) is 10.1. The molecule has 0 bridgehead atoms. The number of carbonyl (C=O) groups is 2. The van der Waals surface area contributed by atoms with E-state index in [1.807, 2.05) is 23.2 Å². The molecule has 2 aliphatic rings. The Bertz CT molecular complexity index is 928. The summed E-state index contributed by atoms with van der Waals surface area (Å²) in [4.78, 5) is 33.8. The van der Waals surface area contributed by atoms with Crippen LogP contribution in [0, 0.1) is 0 Å². The van der Waals surface area contributed by atoms with Crippen molar-refractivity contribution in [2.24, 2.45) is 0 Å². The summed E-state index contributed by atoms with van der Waals surface area (Å²) in [5.74, 6) is 0.475. The Labute approximate surface area is 179 Å². The van der Waals surface area contributed by atoms with Crippen LogP contribution < -0.4 is 0 Å². The average molecular weight is 428 g/mol. The maximum atomic E-state index is 13.0. The topological polar surface area (TPSA) is 66.7 Å². The quantitative estimate of drug-likeness (QED) is 0.530. The lowest BCUT2D eigenvalue weighted by Gasteiger charge is -2.36. The summed E-state index contributed by atoms with van der Waals surface area (Å²) in [6, 6.07) is 7.52. The van der Waals surface area contributed by atoms with Gasteiger partial charge in [0.15, 0.2) is 0 Å². The van der Waals surface area contributed by atoms with Crippen LogP contribution in [0.2, 0.25) is 0 Å². The average Bonchev–Trinajstić information content (AvgIpc) is 3.35. The molecule has 0 spiro atoms. The lowest BCUT2D eigenvalue weighted by atomic mass is 9.96. The number of pyridine rings is 1. The number of hydrogen-bond acceptors (Lipinski definition) is 6. The molecular formula is C21H21N3O3S2. The monoisotopic (exact) mass is 427 g/mol. The molecule has 29 heavy (non-hydrogen) atoms. The van der Waals surface area contributed by atoms with Gasteiger partial charge in [0, 0.05) is 38.0 Å². The second kappa shape index (κ2) is 8.92. The number of furan rings is 1. The van der Waals surface area contributed by atoms with Gasteiger partial charge in [0.25, 0.3) is 5.91 Å². The Morgan fingerprint density at radius 3 is 3.00 bits per heavy atom. The number of amides is 2. The molecule has 4 rings (SSSR count). The summed E-state index contributed by atoms with van der Waals surface area (Å²) >= 11 is 6.60. The van der Waals surface area contributed by atoms with E-state index < -0.39 is 0 Å². The third-order valence-corrected chi connectivity index (χ3v) is 6.51. The van der Waals surface area contributed by atoms with Gasteiger partial charge in [-0.05, 0) is 43.0 Å². The Kier molecular flexibility index (Phi) is 6.10. The minimum atomic E-state index is -0.174. The molecule has 2 fully saturated rings. The van der Waals surface area contributed by atoms with E-state index in [1.54, 1.807) is 30.7 Å². The van der Waals surface area contributed by atoms with Crippen LogP contribution in [0.4, 0.5) is 0 Å². The van der Waals surface area contributed by atoms with Crippen LogP contribution in [0.3, 0.4) is 0 Å². The lowest BCUT2D eigenvalue weighted by molar-refractivity contribution is -0.135. The minimum absolute atomic E-state index is 0.0441. The van der Waals surface area contributed by atoms with Crippen LogP contribution in [0.1, 0.15) is 43.0 Å². The fraction of sp³-hybridized carbons (Fsp3) is 0.333. The van der Waals surface area contributed by atoms with Crippen molar-refractivity contribution in [1.29, 1.82) is 0 Å². The van der Waals surface area contributed by atoms with Crippen molar-refractivity contribution in [2.45, 2.75) is 31.7 Å².